The van der Waals surface area contributed by atoms with E-state index in [0.29, 0.717) is 24.5 Å². The summed E-state index contributed by atoms with van der Waals surface area (Å²) in [6.07, 6.45) is 1.00. The van der Waals surface area contributed by atoms with Crippen molar-refractivity contribution in [3.63, 3.8) is 0 Å². The summed E-state index contributed by atoms with van der Waals surface area (Å²) >= 11 is 6.09. The van der Waals surface area contributed by atoms with Crippen molar-refractivity contribution >= 4 is 23.2 Å². The number of aryl methyl sites for hydroxylation is 1. The number of anilines is 1. The number of rotatable bonds is 7. The van der Waals surface area contributed by atoms with Crippen LogP contribution >= 0.6 is 11.6 Å². The van der Waals surface area contributed by atoms with Gasteiger partial charge >= 0.3 is 0 Å². The molecule has 23 heavy (non-hydrogen) atoms. The summed E-state index contributed by atoms with van der Waals surface area (Å²) in [6, 6.07) is 14.9. The lowest BCUT2D eigenvalue weighted by molar-refractivity contribution is -0.116. The van der Waals surface area contributed by atoms with E-state index in [4.69, 9.17) is 16.3 Å². The van der Waals surface area contributed by atoms with Gasteiger partial charge in [0.15, 0.2) is 0 Å². The first-order valence-electron chi connectivity index (χ1n) is 7.45. The minimum atomic E-state index is -0.0412. The molecule has 2 aromatic carbocycles. The average molecular weight is 330 g/mol. The van der Waals surface area contributed by atoms with Crippen LogP contribution in [0, 0.1) is 0 Å². The maximum atomic E-state index is 12.0. The van der Waals surface area contributed by atoms with E-state index in [1.807, 2.05) is 55.5 Å². The predicted molar refractivity (Wildman–Crippen MR) is 95.2 cm³/mol. The van der Waals surface area contributed by atoms with Crippen molar-refractivity contribution in [3.05, 3.63) is 71.3 Å². The Morgan fingerprint density at radius 2 is 1.87 bits per heavy atom. The first-order chi connectivity index (χ1) is 11.0. The molecule has 2 aromatic rings. The Kier molecular flexibility index (Phi) is 6.24. The standard InChI is InChI=1S/C19H20ClNO2/c1-14(2)13-23-17-10-8-16(9-11-17)21-19(22)12-7-15-5-3-4-6-18(15)20/h3-6,8-11H,1,7,12-13H2,2H3,(H,21,22). The highest BCUT2D eigenvalue weighted by Crippen LogP contribution is 2.18. The molecule has 0 bridgehead atoms. The maximum Gasteiger partial charge on any atom is 0.224 e. The molecule has 3 nitrogen and oxygen atoms in total. The third-order valence-corrected chi connectivity index (χ3v) is 3.57. The molecule has 0 aliphatic heterocycles. The highest BCUT2D eigenvalue weighted by Gasteiger charge is 2.05. The molecule has 0 heterocycles. The molecule has 1 amide bonds. The molecule has 0 aliphatic rings. The molecule has 0 aromatic heterocycles. The highest BCUT2D eigenvalue weighted by atomic mass is 35.5. The number of amides is 1. The summed E-state index contributed by atoms with van der Waals surface area (Å²) in [4.78, 5) is 12.0. The van der Waals surface area contributed by atoms with E-state index >= 15 is 0 Å². The summed E-state index contributed by atoms with van der Waals surface area (Å²) in [6.45, 7) is 6.19. The van der Waals surface area contributed by atoms with Gasteiger partial charge in [0.1, 0.15) is 12.4 Å². The van der Waals surface area contributed by atoms with E-state index in [9.17, 15) is 4.79 Å². The van der Waals surface area contributed by atoms with E-state index in [-0.39, 0.29) is 5.91 Å². The van der Waals surface area contributed by atoms with E-state index in [2.05, 4.69) is 11.9 Å². The first-order valence-corrected chi connectivity index (χ1v) is 7.83. The van der Waals surface area contributed by atoms with Crippen molar-refractivity contribution < 1.29 is 9.53 Å². The fourth-order valence-corrected chi connectivity index (χ4v) is 2.24. The molecule has 4 heteroatoms. The van der Waals surface area contributed by atoms with Crippen molar-refractivity contribution in [2.75, 3.05) is 11.9 Å². The van der Waals surface area contributed by atoms with Crippen LogP contribution in [0.1, 0.15) is 18.9 Å². The van der Waals surface area contributed by atoms with Gasteiger partial charge in [0.2, 0.25) is 5.91 Å². The molecule has 0 radical (unpaired) electrons. The summed E-state index contributed by atoms with van der Waals surface area (Å²) < 4.78 is 5.52. The number of nitrogens with one attached hydrogen (secondary N) is 1. The number of hydrogen-bond acceptors (Lipinski definition) is 2. The second-order valence-corrected chi connectivity index (χ2v) is 5.82. The molecule has 120 valence electrons. The van der Waals surface area contributed by atoms with Crippen LogP contribution < -0.4 is 10.1 Å². The second-order valence-electron chi connectivity index (χ2n) is 5.41. The minimum absolute atomic E-state index is 0.0412. The fraction of sp³-hybridized carbons (Fsp3) is 0.211. The maximum absolute atomic E-state index is 12.0. The molecule has 0 saturated carbocycles. The Morgan fingerprint density at radius 1 is 1.17 bits per heavy atom. The Balaban J connectivity index is 1.83. The van der Waals surface area contributed by atoms with Crippen molar-refractivity contribution in [1.29, 1.82) is 0 Å². The van der Waals surface area contributed by atoms with Crippen LogP contribution in [0.4, 0.5) is 5.69 Å². The van der Waals surface area contributed by atoms with Gasteiger partial charge in [-0.2, -0.15) is 0 Å². The fourth-order valence-electron chi connectivity index (χ4n) is 2.01. The van der Waals surface area contributed by atoms with Gasteiger partial charge < -0.3 is 10.1 Å². The SMILES string of the molecule is C=C(C)COc1ccc(NC(=O)CCc2ccccc2Cl)cc1. The molecule has 2 rings (SSSR count). The van der Waals surface area contributed by atoms with Crippen LogP contribution in [0.25, 0.3) is 0 Å². The molecule has 1 N–H and O–H groups in total. The molecule has 0 aliphatic carbocycles. The van der Waals surface area contributed by atoms with E-state index in [1.54, 1.807) is 0 Å². The number of halogens is 1. The van der Waals surface area contributed by atoms with Crippen molar-refractivity contribution in [2.45, 2.75) is 19.8 Å². The monoisotopic (exact) mass is 329 g/mol. The van der Waals surface area contributed by atoms with Gasteiger partial charge in [-0.3, -0.25) is 4.79 Å². The Bertz CT molecular complexity index is 680. The highest BCUT2D eigenvalue weighted by molar-refractivity contribution is 6.31. The van der Waals surface area contributed by atoms with Crippen molar-refractivity contribution in [1.82, 2.24) is 0 Å². The molecule has 0 spiro atoms. The largest absolute Gasteiger partial charge is 0.489 e. The van der Waals surface area contributed by atoms with Crippen LogP contribution in [-0.4, -0.2) is 12.5 Å². The van der Waals surface area contributed by atoms with E-state index < -0.39 is 0 Å². The number of hydrogen-bond donors (Lipinski definition) is 1. The van der Waals surface area contributed by atoms with E-state index in [1.165, 1.54) is 0 Å². The smallest absolute Gasteiger partial charge is 0.224 e. The van der Waals surface area contributed by atoms with Crippen LogP contribution in [0.15, 0.2) is 60.7 Å². The normalized spacial score (nSPS) is 10.2. The number of carbonyl (C=O) groups excluding carboxylic acids is 1. The minimum Gasteiger partial charge on any atom is -0.489 e. The van der Waals surface area contributed by atoms with Gasteiger partial charge in [0.05, 0.1) is 0 Å². The topological polar surface area (TPSA) is 38.3 Å². The zero-order valence-electron chi connectivity index (χ0n) is 13.1. The lowest BCUT2D eigenvalue weighted by Crippen LogP contribution is -2.12. The molecule has 0 atom stereocenters. The lowest BCUT2D eigenvalue weighted by atomic mass is 10.1. The van der Waals surface area contributed by atoms with Gasteiger partial charge in [-0.05, 0) is 54.8 Å². The summed E-state index contributed by atoms with van der Waals surface area (Å²) in [5.74, 6) is 0.711. The van der Waals surface area contributed by atoms with Crippen LogP contribution in [0.3, 0.4) is 0 Å². The van der Waals surface area contributed by atoms with Crippen molar-refractivity contribution in [3.8, 4) is 5.75 Å². The number of benzene rings is 2. The predicted octanol–water partition coefficient (Wildman–Crippen LogP) is 4.87. The average Bonchev–Trinajstić information content (AvgIpc) is 2.53. The third kappa shape index (κ3) is 5.80. The van der Waals surface area contributed by atoms with Gasteiger partial charge in [0.25, 0.3) is 0 Å². The van der Waals surface area contributed by atoms with Gasteiger partial charge in [-0.25, -0.2) is 0 Å². The molecular formula is C19H20ClNO2. The van der Waals surface area contributed by atoms with Gasteiger partial charge in [0, 0.05) is 17.1 Å². The first kappa shape index (κ1) is 17.1. The molecular weight excluding hydrogens is 310 g/mol. The number of ether oxygens (including phenoxy) is 1. The lowest BCUT2D eigenvalue weighted by Gasteiger charge is -2.08. The summed E-state index contributed by atoms with van der Waals surface area (Å²) in [5.41, 5.74) is 2.69. The Hall–Kier alpha value is -2.26. The van der Waals surface area contributed by atoms with Crippen LogP contribution in [0.5, 0.6) is 5.75 Å². The Labute approximate surface area is 141 Å². The molecule has 0 saturated heterocycles. The zero-order valence-corrected chi connectivity index (χ0v) is 13.9. The second kappa shape index (κ2) is 8.39. The quantitative estimate of drug-likeness (QED) is 0.736. The van der Waals surface area contributed by atoms with Gasteiger partial charge in [-0.15, -0.1) is 0 Å². The van der Waals surface area contributed by atoms with Crippen LogP contribution in [-0.2, 0) is 11.2 Å². The third-order valence-electron chi connectivity index (χ3n) is 3.20. The Morgan fingerprint density at radius 3 is 2.52 bits per heavy atom. The van der Waals surface area contributed by atoms with Crippen molar-refractivity contribution in [2.24, 2.45) is 0 Å². The summed E-state index contributed by atoms with van der Waals surface area (Å²) in [5, 5.41) is 3.56. The molecule has 0 fully saturated rings. The zero-order chi connectivity index (χ0) is 16.7. The van der Waals surface area contributed by atoms with E-state index in [0.717, 1.165) is 22.6 Å². The summed E-state index contributed by atoms with van der Waals surface area (Å²) in [7, 11) is 0. The van der Waals surface area contributed by atoms with Gasteiger partial charge in [-0.1, -0.05) is 36.4 Å². The number of carbonyl (C=O) groups is 1. The van der Waals surface area contributed by atoms with Crippen LogP contribution in [0.2, 0.25) is 5.02 Å². The molecule has 0 unspecified atom stereocenters.